The Kier molecular flexibility index (Phi) is 4.09. The lowest BCUT2D eigenvalue weighted by atomic mass is 10.1. The summed E-state index contributed by atoms with van der Waals surface area (Å²) in [6.45, 7) is 2.90. The van der Waals surface area contributed by atoms with Crippen molar-refractivity contribution in [2.75, 3.05) is 29.9 Å². The molecule has 130 valence electrons. The van der Waals surface area contributed by atoms with E-state index in [1.807, 2.05) is 0 Å². The highest BCUT2D eigenvalue weighted by atomic mass is 19.1. The number of aromatic nitrogens is 1. The van der Waals surface area contributed by atoms with Gasteiger partial charge in [-0.25, -0.2) is 8.78 Å². The predicted octanol–water partition coefficient (Wildman–Crippen LogP) is 2.41. The summed E-state index contributed by atoms with van der Waals surface area (Å²) in [5.74, 6) is -1.29. The average molecular weight is 344 g/mol. The highest BCUT2D eigenvalue weighted by Crippen LogP contribution is 2.29. The summed E-state index contributed by atoms with van der Waals surface area (Å²) < 4.78 is 26.5. The Labute approximate surface area is 144 Å². The normalized spacial score (nSPS) is 22.1. The molecule has 4 rings (SSSR count). The highest BCUT2D eigenvalue weighted by molar-refractivity contribution is 6.04. The number of hydrogen-bond donors (Lipinski definition) is 2. The fraction of sp³-hybridized carbons (Fsp3) is 0.333. The smallest absolute Gasteiger partial charge is 0.257 e. The maximum atomic E-state index is 13.2. The molecule has 0 aliphatic carbocycles. The topological polar surface area (TPSA) is 57.3 Å². The quantitative estimate of drug-likeness (QED) is 0.898. The van der Waals surface area contributed by atoms with Crippen LogP contribution in [0.2, 0.25) is 0 Å². The van der Waals surface area contributed by atoms with Gasteiger partial charge in [0, 0.05) is 37.1 Å². The number of nitrogens with one attached hydrogen (secondary N) is 2. The number of amides is 1. The molecule has 2 N–H and O–H groups in total. The predicted molar refractivity (Wildman–Crippen MR) is 90.7 cm³/mol. The number of halogens is 2. The molecule has 25 heavy (non-hydrogen) atoms. The Hall–Kier alpha value is -2.54. The molecular weight excluding hydrogens is 326 g/mol. The summed E-state index contributed by atoms with van der Waals surface area (Å²) >= 11 is 0. The van der Waals surface area contributed by atoms with E-state index in [9.17, 15) is 13.6 Å². The van der Waals surface area contributed by atoms with Gasteiger partial charge in [-0.2, -0.15) is 0 Å². The Morgan fingerprint density at radius 2 is 1.96 bits per heavy atom. The number of nitrogens with zero attached hydrogens (tertiary/aromatic N) is 2. The third-order valence-corrected chi connectivity index (χ3v) is 4.83. The van der Waals surface area contributed by atoms with Crippen LogP contribution in [0.3, 0.4) is 0 Å². The van der Waals surface area contributed by atoms with Gasteiger partial charge in [0.25, 0.3) is 5.91 Å². The first kappa shape index (κ1) is 16.0. The fourth-order valence-corrected chi connectivity index (χ4v) is 3.61. The van der Waals surface area contributed by atoms with Crippen molar-refractivity contribution in [3.05, 3.63) is 53.9 Å². The maximum Gasteiger partial charge on any atom is 0.257 e. The van der Waals surface area contributed by atoms with Crippen LogP contribution < -0.4 is 15.5 Å². The zero-order chi connectivity index (χ0) is 17.4. The lowest BCUT2D eigenvalue weighted by molar-refractivity contribution is 0.102. The van der Waals surface area contributed by atoms with Crippen molar-refractivity contribution in [1.29, 1.82) is 0 Å². The van der Waals surface area contributed by atoms with E-state index in [1.54, 1.807) is 12.3 Å². The van der Waals surface area contributed by atoms with Crippen molar-refractivity contribution in [3.63, 3.8) is 0 Å². The standard InChI is InChI=1S/C18H18F2N4O/c19-13-4-14(20)6-15(5-13)23-18(25)12-3-16(8-21-7-12)24-9-11-1-2-22-17(11)10-24/h3-8,11,17,22H,1-2,9-10H2,(H,23,25)/t11-,17+/m0/s1. The van der Waals surface area contributed by atoms with Gasteiger partial charge in [0.15, 0.2) is 0 Å². The van der Waals surface area contributed by atoms with Crippen LogP contribution in [-0.4, -0.2) is 36.6 Å². The molecule has 2 aliphatic heterocycles. The van der Waals surface area contributed by atoms with Gasteiger partial charge in [-0.15, -0.1) is 0 Å². The summed E-state index contributed by atoms with van der Waals surface area (Å²) in [4.78, 5) is 18.7. The van der Waals surface area contributed by atoms with Crippen LogP contribution in [0.1, 0.15) is 16.8 Å². The first-order valence-electron chi connectivity index (χ1n) is 8.29. The number of anilines is 2. The summed E-state index contributed by atoms with van der Waals surface area (Å²) in [7, 11) is 0. The minimum Gasteiger partial charge on any atom is -0.368 e. The van der Waals surface area contributed by atoms with Crippen LogP contribution in [0.4, 0.5) is 20.2 Å². The van der Waals surface area contributed by atoms with Gasteiger partial charge in [0.2, 0.25) is 0 Å². The molecule has 2 atom stereocenters. The van der Waals surface area contributed by atoms with E-state index in [-0.39, 0.29) is 5.69 Å². The first-order valence-corrected chi connectivity index (χ1v) is 8.29. The second kappa shape index (κ2) is 6.40. The van der Waals surface area contributed by atoms with Gasteiger partial charge in [-0.3, -0.25) is 9.78 Å². The third kappa shape index (κ3) is 3.32. The van der Waals surface area contributed by atoms with Crippen LogP contribution in [0.15, 0.2) is 36.7 Å². The summed E-state index contributed by atoms with van der Waals surface area (Å²) in [5, 5.41) is 5.99. The van der Waals surface area contributed by atoms with Crippen molar-refractivity contribution in [1.82, 2.24) is 10.3 Å². The lowest BCUT2D eigenvalue weighted by Crippen LogP contribution is -2.30. The number of hydrogen-bond acceptors (Lipinski definition) is 4. The van der Waals surface area contributed by atoms with Crippen LogP contribution in [0, 0.1) is 17.6 Å². The second-order valence-electron chi connectivity index (χ2n) is 6.56. The summed E-state index contributed by atoms with van der Waals surface area (Å²) in [6, 6.07) is 5.17. The number of benzene rings is 1. The molecule has 0 radical (unpaired) electrons. The van der Waals surface area contributed by atoms with E-state index in [4.69, 9.17) is 0 Å². The van der Waals surface area contributed by atoms with Crippen molar-refractivity contribution >= 4 is 17.3 Å². The number of pyridine rings is 1. The Balaban J connectivity index is 1.50. The molecule has 0 spiro atoms. The molecule has 5 nitrogen and oxygen atoms in total. The third-order valence-electron chi connectivity index (χ3n) is 4.83. The first-order chi connectivity index (χ1) is 12.1. The van der Waals surface area contributed by atoms with Crippen molar-refractivity contribution in [2.24, 2.45) is 5.92 Å². The molecule has 1 aromatic heterocycles. The average Bonchev–Trinajstić information content (AvgIpc) is 3.15. The fourth-order valence-electron chi connectivity index (χ4n) is 3.61. The molecule has 3 heterocycles. The molecule has 2 aliphatic rings. The number of carbonyl (C=O) groups is 1. The van der Waals surface area contributed by atoms with Gasteiger partial charge in [0.05, 0.1) is 17.4 Å². The molecule has 2 saturated heterocycles. The number of carbonyl (C=O) groups excluding carboxylic acids is 1. The molecule has 0 unspecified atom stereocenters. The largest absolute Gasteiger partial charge is 0.368 e. The molecule has 1 amide bonds. The monoisotopic (exact) mass is 344 g/mol. The molecule has 7 heteroatoms. The molecular formula is C18H18F2N4O. The maximum absolute atomic E-state index is 13.2. The molecule has 0 bridgehead atoms. The van der Waals surface area contributed by atoms with Crippen LogP contribution in [0.25, 0.3) is 0 Å². The Morgan fingerprint density at radius 3 is 2.72 bits per heavy atom. The van der Waals surface area contributed by atoms with E-state index in [2.05, 4.69) is 20.5 Å². The Morgan fingerprint density at radius 1 is 1.16 bits per heavy atom. The van der Waals surface area contributed by atoms with E-state index in [0.29, 0.717) is 17.5 Å². The number of fused-ring (bicyclic) bond motifs is 1. The van der Waals surface area contributed by atoms with Crippen LogP contribution in [-0.2, 0) is 0 Å². The minimum absolute atomic E-state index is 0.0767. The van der Waals surface area contributed by atoms with Gasteiger partial charge >= 0.3 is 0 Å². The molecule has 2 fully saturated rings. The zero-order valence-electron chi connectivity index (χ0n) is 13.5. The molecule has 0 saturated carbocycles. The van der Waals surface area contributed by atoms with Gasteiger partial charge in [-0.05, 0) is 37.1 Å². The van der Waals surface area contributed by atoms with Gasteiger partial charge in [0.1, 0.15) is 11.6 Å². The van der Waals surface area contributed by atoms with Crippen molar-refractivity contribution < 1.29 is 13.6 Å². The minimum atomic E-state index is -0.738. The van der Waals surface area contributed by atoms with Crippen molar-refractivity contribution in [2.45, 2.75) is 12.5 Å². The van der Waals surface area contributed by atoms with E-state index in [1.165, 1.54) is 12.6 Å². The SMILES string of the molecule is O=C(Nc1cc(F)cc(F)c1)c1cncc(N2C[C@@H]3CCN[C@@H]3C2)c1. The Bertz CT molecular complexity index is 781. The summed E-state index contributed by atoms with van der Waals surface area (Å²) in [5.41, 5.74) is 1.31. The zero-order valence-corrected chi connectivity index (χ0v) is 13.5. The van der Waals surface area contributed by atoms with E-state index in [0.717, 1.165) is 43.5 Å². The number of rotatable bonds is 3. The van der Waals surface area contributed by atoms with E-state index < -0.39 is 17.5 Å². The molecule has 2 aromatic rings. The van der Waals surface area contributed by atoms with Crippen LogP contribution in [0.5, 0.6) is 0 Å². The summed E-state index contributed by atoms with van der Waals surface area (Å²) in [6.07, 6.45) is 4.35. The van der Waals surface area contributed by atoms with Gasteiger partial charge in [-0.1, -0.05) is 0 Å². The highest BCUT2D eigenvalue weighted by Gasteiger charge is 2.36. The van der Waals surface area contributed by atoms with E-state index >= 15 is 0 Å². The van der Waals surface area contributed by atoms with Crippen LogP contribution >= 0.6 is 0 Å². The second-order valence-corrected chi connectivity index (χ2v) is 6.56. The van der Waals surface area contributed by atoms with Gasteiger partial charge < -0.3 is 15.5 Å². The lowest BCUT2D eigenvalue weighted by Gasteiger charge is -2.19. The van der Waals surface area contributed by atoms with Crippen molar-refractivity contribution in [3.8, 4) is 0 Å². The molecule has 1 aromatic carbocycles.